The minimum absolute atomic E-state index is 0.857. The number of hydrogen-bond acceptors (Lipinski definition) is 3. The zero-order valence-corrected chi connectivity index (χ0v) is 12.3. The molecule has 3 rings (SSSR count). The molecule has 1 saturated heterocycles. The number of rotatable bonds is 4. The molecule has 0 amide bonds. The molecule has 0 saturated carbocycles. The number of nitrogens with zero attached hydrogens (tertiary/aromatic N) is 4. The van der Waals surface area contributed by atoms with Gasteiger partial charge in [-0.05, 0) is 44.0 Å². The van der Waals surface area contributed by atoms with E-state index in [9.17, 15) is 0 Å². The topological polar surface area (TPSA) is 34.0 Å². The van der Waals surface area contributed by atoms with E-state index in [1.807, 2.05) is 4.68 Å². The van der Waals surface area contributed by atoms with Crippen LogP contribution < -0.4 is 4.90 Å². The highest BCUT2D eigenvalue weighted by molar-refractivity contribution is 5.61. The summed E-state index contributed by atoms with van der Waals surface area (Å²) in [7, 11) is 0. The van der Waals surface area contributed by atoms with Crippen LogP contribution >= 0.6 is 0 Å². The molecule has 1 aliphatic heterocycles. The van der Waals surface area contributed by atoms with E-state index in [1.54, 1.807) is 0 Å². The van der Waals surface area contributed by atoms with Gasteiger partial charge in [0.1, 0.15) is 0 Å². The second kappa shape index (κ2) is 5.65. The van der Waals surface area contributed by atoms with Gasteiger partial charge in [-0.25, -0.2) is 9.67 Å². The van der Waals surface area contributed by atoms with Crippen molar-refractivity contribution in [2.24, 2.45) is 0 Å². The summed E-state index contributed by atoms with van der Waals surface area (Å²) in [5.74, 6) is 1.91. The van der Waals surface area contributed by atoms with Crippen LogP contribution in [0, 0.1) is 0 Å². The van der Waals surface area contributed by atoms with Gasteiger partial charge >= 0.3 is 0 Å². The Morgan fingerprint density at radius 2 is 1.75 bits per heavy atom. The SMILES string of the molecule is CCc1nc(-c2ccc(N3CCCC3)cc2)n(CC)n1. The third kappa shape index (κ3) is 2.42. The zero-order chi connectivity index (χ0) is 13.9. The van der Waals surface area contributed by atoms with Crippen molar-refractivity contribution in [3.05, 3.63) is 30.1 Å². The van der Waals surface area contributed by atoms with E-state index in [0.29, 0.717) is 0 Å². The second-order valence-electron chi connectivity index (χ2n) is 5.26. The van der Waals surface area contributed by atoms with Gasteiger partial charge < -0.3 is 4.90 Å². The molecule has 0 spiro atoms. The van der Waals surface area contributed by atoms with E-state index in [-0.39, 0.29) is 0 Å². The largest absolute Gasteiger partial charge is 0.372 e. The molecule has 20 heavy (non-hydrogen) atoms. The quantitative estimate of drug-likeness (QED) is 0.856. The van der Waals surface area contributed by atoms with Crippen molar-refractivity contribution in [1.29, 1.82) is 0 Å². The molecule has 0 radical (unpaired) electrons. The highest BCUT2D eigenvalue weighted by atomic mass is 15.3. The Kier molecular flexibility index (Phi) is 3.72. The molecule has 1 aromatic heterocycles. The van der Waals surface area contributed by atoms with Gasteiger partial charge in [0.15, 0.2) is 11.6 Å². The molecule has 4 nitrogen and oxygen atoms in total. The van der Waals surface area contributed by atoms with Gasteiger partial charge in [0, 0.05) is 37.3 Å². The predicted octanol–water partition coefficient (Wildman–Crippen LogP) is 3.13. The molecule has 4 heteroatoms. The van der Waals surface area contributed by atoms with E-state index in [1.165, 1.54) is 31.6 Å². The smallest absolute Gasteiger partial charge is 0.158 e. The molecule has 2 heterocycles. The van der Waals surface area contributed by atoms with Crippen molar-refractivity contribution in [2.75, 3.05) is 18.0 Å². The lowest BCUT2D eigenvalue weighted by atomic mass is 10.2. The van der Waals surface area contributed by atoms with Crippen LogP contribution in [0.5, 0.6) is 0 Å². The van der Waals surface area contributed by atoms with E-state index in [0.717, 1.165) is 30.2 Å². The van der Waals surface area contributed by atoms with Crippen LogP contribution in [-0.4, -0.2) is 27.9 Å². The molecule has 1 fully saturated rings. The highest BCUT2D eigenvalue weighted by Crippen LogP contribution is 2.24. The fourth-order valence-corrected chi connectivity index (χ4v) is 2.77. The number of hydrogen-bond donors (Lipinski definition) is 0. The van der Waals surface area contributed by atoms with Gasteiger partial charge in [-0.3, -0.25) is 0 Å². The second-order valence-corrected chi connectivity index (χ2v) is 5.26. The van der Waals surface area contributed by atoms with Crippen molar-refractivity contribution < 1.29 is 0 Å². The van der Waals surface area contributed by atoms with Crippen LogP contribution in [0.3, 0.4) is 0 Å². The predicted molar refractivity (Wildman–Crippen MR) is 82.0 cm³/mol. The van der Waals surface area contributed by atoms with Gasteiger partial charge in [0.25, 0.3) is 0 Å². The Bertz CT molecular complexity index is 565. The van der Waals surface area contributed by atoms with Gasteiger partial charge in [0.05, 0.1) is 0 Å². The first-order valence-electron chi connectivity index (χ1n) is 7.61. The Balaban J connectivity index is 1.88. The lowest BCUT2D eigenvalue weighted by Gasteiger charge is -2.17. The average Bonchev–Trinajstić information content (AvgIpc) is 3.16. The van der Waals surface area contributed by atoms with E-state index in [4.69, 9.17) is 0 Å². The van der Waals surface area contributed by atoms with E-state index < -0.39 is 0 Å². The monoisotopic (exact) mass is 270 g/mol. The van der Waals surface area contributed by atoms with Crippen molar-refractivity contribution in [3.63, 3.8) is 0 Å². The average molecular weight is 270 g/mol. The third-order valence-corrected chi connectivity index (χ3v) is 3.93. The maximum absolute atomic E-state index is 4.64. The molecular weight excluding hydrogens is 248 g/mol. The van der Waals surface area contributed by atoms with Gasteiger partial charge in [-0.2, -0.15) is 5.10 Å². The summed E-state index contributed by atoms with van der Waals surface area (Å²) in [4.78, 5) is 7.09. The molecule has 106 valence electrons. The summed E-state index contributed by atoms with van der Waals surface area (Å²) in [6, 6.07) is 8.76. The molecule has 0 aliphatic carbocycles. The molecular formula is C16H22N4. The fourth-order valence-electron chi connectivity index (χ4n) is 2.77. The standard InChI is InChI=1S/C16H22N4/c1-3-15-17-16(20(4-2)18-15)13-7-9-14(10-8-13)19-11-5-6-12-19/h7-10H,3-6,11-12H2,1-2H3. The van der Waals surface area contributed by atoms with Crippen LogP contribution in [0.4, 0.5) is 5.69 Å². The molecule has 0 atom stereocenters. The summed E-state index contributed by atoms with van der Waals surface area (Å²) in [5, 5.41) is 4.52. The summed E-state index contributed by atoms with van der Waals surface area (Å²) in [6.45, 7) is 7.43. The highest BCUT2D eigenvalue weighted by Gasteiger charge is 2.14. The summed E-state index contributed by atoms with van der Waals surface area (Å²) in [5.41, 5.74) is 2.48. The van der Waals surface area contributed by atoms with E-state index >= 15 is 0 Å². The molecule has 0 bridgehead atoms. The summed E-state index contributed by atoms with van der Waals surface area (Å²) in [6.07, 6.45) is 3.50. The first-order valence-corrected chi connectivity index (χ1v) is 7.61. The maximum Gasteiger partial charge on any atom is 0.158 e. The first-order chi connectivity index (χ1) is 9.81. The van der Waals surface area contributed by atoms with Crippen LogP contribution in [0.25, 0.3) is 11.4 Å². The molecule has 0 N–H and O–H groups in total. The Morgan fingerprint density at radius 1 is 1.05 bits per heavy atom. The molecule has 2 aromatic rings. The van der Waals surface area contributed by atoms with Crippen molar-refractivity contribution in [2.45, 2.75) is 39.7 Å². The van der Waals surface area contributed by atoms with Crippen LogP contribution in [0.15, 0.2) is 24.3 Å². The lowest BCUT2D eigenvalue weighted by Crippen LogP contribution is -2.17. The van der Waals surface area contributed by atoms with Crippen molar-refractivity contribution in [3.8, 4) is 11.4 Å². The molecule has 0 unspecified atom stereocenters. The van der Waals surface area contributed by atoms with Crippen LogP contribution in [0.2, 0.25) is 0 Å². The fraction of sp³-hybridized carbons (Fsp3) is 0.500. The number of aryl methyl sites for hydroxylation is 2. The van der Waals surface area contributed by atoms with Crippen LogP contribution in [-0.2, 0) is 13.0 Å². The Labute approximate surface area is 120 Å². The lowest BCUT2D eigenvalue weighted by molar-refractivity contribution is 0.655. The molecule has 1 aromatic carbocycles. The first kappa shape index (κ1) is 13.2. The Morgan fingerprint density at radius 3 is 2.35 bits per heavy atom. The number of aromatic nitrogens is 3. The minimum atomic E-state index is 0.857. The number of benzene rings is 1. The van der Waals surface area contributed by atoms with Crippen molar-refractivity contribution >= 4 is 5.69 Å². The van der Waals surface area contributed by atoms with Gasteiger partial charge in [-0.15, -0.1) is 0 Å². The van der Waals surface area contributed by atoms with Gasteiger partial charge in [0.2, 0.25) is 0 Å². The van der Waals surface area contributed by atoms with E-state index in [2.05, 4.69) is 53.1 Å². The van der Waals surface area contributed by atoms with Crippen LogP contribution in [0.1, 0.15) is 32.5 Å². The Hall–Kier alpha value is -1.84. The van der Waals surface area contributed by atoms with Crippen molar-refractivity contribution in [1.82, 2.24) is 14.8 Å². The normalized spacial score (nSPS) is 15.0. The summed E-state index contributed by atoms with van der Waals surface area (Å²) < 4.78 is 1.99. The van der Waals surface area contributed by atoms with Gasteiger partial charge in [-0.1, -0.05) is 6.92 Å². The number of anilines is 1. The maximum atomic E-state index is 4.64. The zero-order valence-electron chi connectivity index (χ0n) is 12.3. The third-order valence-electron chi connectivity index (χ3n) is 3.93. The minimum Gasteiger partial charge on any atom is -0.372 e. The summed E-state index contributed by atoms with van der Waals surface area (Å²) >= 11 is 0. The molecule has 1 aliphatic rings.